The summed E-state index contributed by atoms with van der Waals surface area (Å²) in [6.07, 6.45) is 2.84. The van der Waals surface area contributed by atoms with Gasteiger partial charge in [0, 0.05) is 17.8 Å². The zero-order valence-electron chi connectivity index (χ0n) is 11.6. The number of rotatable bonds is 6. The topological polar surface area (TPSA) is 62.8 Å². The third kappa shape index (κ3) is 3.79. The Hall–Kier alpha value is -1.88. The second-order valence-electron chi connectivity index (χ2n) is 4.59. The van der Waals surface area contributed by atoms with Gasteiger partial charge in [-0.25, -0.2) is 0 Å². The molecular weight excluding hydrogens is 240 g/mol. The summed E-state index contributed by atoms with van der Waals surface area (Å²) in [6.45, 7) is 7.18. The van der Waals surface area contributed by atoms with E-state index >= 15 is 0 Å². The van der Waals surface area contributed by atoms with Gasteiger partial charge in [0.25, 0.3) is 0 Å². The number of hydrogen-bond donors (Lipinski definition) is 2. The van der Waals surface area contributed by atoms with Crippen molar-refractivity contribution in [3.8, 4) is 11.6 Å². The predicted octanol–water partition coefficient (Wildman–Crippen LogP) is 2.97. The van der Waals surface area contributed by atoms with Crippen LogP contribution in [-0.4, -0.2) is 21.7 Å². The molecule has 0 saturated carbocycles. The van der Waals surface area contributed by atoms with Crippen molar-refractivity contribution >= 4 is 0 Å². The van der Waals surface area contributed by atoms with E-state index in [-0.39, 0.29) is 6.04 Å². The standard InChI is InChI=1S/C14H20N4O/c1-4-7-15-11(3)13-6-5-12(9-16-13)19-14-8-10(2)17-18-14/h5-6,8-9,11,15H,4,7H2,1-3H3,(H,17,18). The molecule has 5 heteroatoms. The molecule has 0 bridgehead atoms. The van der Waals surface area contributed by atoms with Crippen molar-refractivity contribution in [1.29, 1.82) is 0 Å². The van der Waals surface area contributed by atoms with Gasteiger partial charge in [-0.05, 0) is 38.9 Å². The Morgan fingerprint density at radius 3 is 2.84 bits per heavy atom. The lowest BCUT2D eigenvalue weighted by molar-refractivity contribution is 0.457. The van der Waals surface area contributed by atoms with Gasteiger partial charge in [0.05, 0.1) is 11.9 Å². The van der Waals surface area contributed by atoms with Crippen LogP contribution < -0.4 is 10.1 Å². The molecule has 0 aromatic carbocycles. The van der Waals surface area contributed by atoms with Gasteiger partial charge in [0.1, 0.15) is 5.75 Å². The Balaban J connectivity index is 1.98. The lowest BCUT2D eigenvalue weighted by atomic mass is 10.2. The number of pyridine rings is 1. The minimum atomic E-state index is 0.252. The molecule has 0 fully saturated rings. The summed E-state index contributed by atoms with van der Waals surface area (Å²) in [7, 11) is 0. The van der Waals surface area contributed by atoms with Crippen LogP contribution in [0.15, 0.2) is 24.4 Å². The third-order valence-electron chi connectivity index (χ3n) is 2.81. The van der Waals surface area contributed by atoms with Crippen molar-refractivity contribution in [3.05, 3.63) is 35.8 Å². The first kappa shape index (κ1) is 13.5. The first-order valence-electron chi connectivity index (χ1n) is 6.58. The number of nitrogens with one attached hydrogen (secondary N) is 2. The molecule has 0 saturated heterocycles. The lowest BCUT2D eigenvalue weighted by Gasteiger charge is -2.12. The van der Waals surface area contributed by atoms with Gasteiger partial charge in [-0.3, -0.25) is 10.1 Å². The van der Waals surface area contributed by atoms with E-state index in [1.165, 1.54) is 0 Å². The SMILES string of the molecule is CCCNC(C)c1ccc(Oc2cc(C)[nH]n2)cn1. The van der Waals surface area contributed by atoms with Crippen molar-refractivity contribution in [1.82, 2.24) is 20.5 Å². The van der Waals surface area contributed by atoms with Crippen LogP contribution in [0.5, 0.6) is 11.6 Å². The average Bonchev–Trinajstić information content (AvgIpc) is 2.82. The number of aryl methyl sites for hydroxylation is 1. The molecule has 0 spiro atoms. The molecule has 2 N–H and O–H groups in total. The highest BCUT2D eigenvalue weighted by Gasteiger charge is 2.06. The summed E-state index contributed by atoms with van der Waals surface area (Å²) in [6, 6.07) is 5.99. The highest BCUT2D eigenvalue weighted by Crippen LogP contribution is 2.20. The summed E-state index contributed by atoms with van der Waals surface area (Å²) in [5.41, 5.74) is 1.98. The number of nitrogens with zero attached hydrogens (tertiary/aromatic N) is 2. The van der Waals surface area contributed by atoms with Crippen LogP contribution in [0.4, 0.5) is 0 Å². The van der Waals surface area contributed by atoms with Crippen LogP contribution in [0.2, 0.25) is 0 Å². The van der Waals surface area contributed by atoms with Crippen molar-refractivity contribution in [2.75, 3.05) is 6.54 Å². The molecule has 2 heterocycles. The van der Waals surface area contributed by atoms with Crippen LogP contribution in [0.1, 0.15) is 37.7 Å². The van der Waals surface area contributed by atoms with Gasteiger partial charge in [0.2, 0.25) is 5.88 Å². The highest BCUT2D eigenvalue weighted by molar-refractivity contribution is 5.26. The third-order valence-corrected chi connectivity index (χ3v) is 2.81. The van der Waals surface area contributed by atoms with E-state index in [4.69, 9.17) is 4.74 Å². The first-order valence-corrected chi connectivity index (χ1v) is 6.58. The van der Waals surface area contributed by atoms with E-state index in [1.54, 1.807) is 6.20 Å². The van der Waals surface area contributed by atoms with Crippen LogP contribution in [-0.2, 0) is 0 Å². The van der Waals surface area contributed by atoms with Gasteiger partial charge in [-0.2, -0.15) is 0 Å². The van der Waals surface area contributed by atoms with Crippen molar-refractivity contribution in [3.63, 3.8) is 0 Å². The maximum Gasteiger partial charge on any atom is 0.238 e. The van der Waals surface area contributed by atoms with E-state index in [0.717, 1.165) is 24.4 Å². The summed E-state index contributed by atoms with van der Waals surface area (Å²) < 4.78 is 5.59. The second kappa shape index (κ2) is 6.33. The summed E-state index contributed by atoms with van der Waals surface area (Å²) in [5.74, 6) is 1.25. The molecule has 2 aromatic heterocycles. The zero-order chi connectivity index (χ0) is 13.7. The van der Waals surface area contributed by atoms with Gasteiger partial charge < -0.3 is 10.1 Å². The smallest absolute Gasteiger partial charge is 0.238 e. The van der Waals surface area contributed by atoms with Crippen LogP contribution >= 0.6 is 0 Å². The molecule has 0 radical (unpaired) electrons. The Kier molecular flexibility index (Phi) is 4.52. The molecule has 2 rings (SSSR count). The maximum absolute atomic E-state index is 5.59. The number of ether oxygens (including phenoxy) is 1. The molecule has 2 aromatic rings. The molecule has 0 aliphatic carbocycles. The number of aromatic nitrogens is 3. The normalized spacial score (nSPS) is 12.4. The number of hydrogen-bond acceptors (Lipinski definition) is 4. The largest absolute Gasteiger partial charge is 0.436 e. The minimum absolute atomic E-state index is 0.252. The monoisotopic (exact) mass is 260 g/mol. The highest BCUT2D eigenvalue weighted by atomic mass is 16.5. The Morgan fingerprint density at radius 2 is 2.26 bits per heavy atom. The van der Waals surface area contributed by atoms with Crippen LogP contribution in [0, 0.1) is 6.92 Å². The van der Waals surface area contributed by atoms with Crippen molar-refractivity contribution in [2.24, 2.45) is 0 Å². The molecule has 0 aliphatic rings. The molecule has 102 valence electrons. The quantitative estimate of drug-likeness (QED) is 0.838. The molecule has 19 heavy (non-hydrogen) atoms. The van der Waals surface area contributed by atoms with E-state index in [2.05, 4.69) is 34.3 Å². The Labute approximate surface area is 113 Å². The Bertz CT molecular complexity index is 506. The van der Waals surface area contributed by atoms with Gasteiger partial charge >= 0.3 is 0 Å². The molecule has 0 amide bonds. The number of aromatic amines is 1. The van der Waals surface area contributed by atoms with Crippen LogP contribution in [0.3, 0.4) is 0 Å². The number of H-pyrrole nitrogens is 1. The van der Waals surface area contributed by atoms with Crippen LogP contribution in [0.25, 0.3) is 0 Å². The van der Waals surface area contributed by atoms with E-state index in [0.29, 0.717) is 11.6 Å². The molecule has 1 unspecified atom stereocenters. The minimum Gasteiger partial charge on any atom is -0.436 e. The lowest BCUT2D eigenvalue weighted by Crippen LogP contribution is -2.20. The molecule has 1 atom stereocenters. The van der Waals surface area contributed by atoms with E-state index < -0.39 is 0 Å². The van der Waals surface area contributed by atoms with Gasteiger partial charge in [0.15, 0.2) is 0 Å². The second-order valence-corrected chi connectivity index (χ2v) is 4.59. The van der Waals surface area contributed by atoms with Crippen molar-refractivity contribution < 1.29 is 4.74 Å². The average molecular weight is 260 g/mol. The summed E-state index contributed by atoms with van der Waals surface area (Å²) >= 11 is 0. The first-order chi connectivity index (χ1) is 9.19. The molecular formula is C14H20N4O. The molecule has 0 aliphatic heterocycles. The summed E-state index contributed by atoms with van der Waals surface area (Å²) in [5, 5.41) is 10.3. The van der Waals surface area contributed by atoms with E-state index in [1.807, 2.05) is 25.1 Å². The van der Waals surface area contributed by atoms with E-state index in [9.17, 15) is 0 Å². The maximum atomic E-state index is 5.59. The Morgan fingerprint density at radius 1 is 1.42 bits per heavy atom. The van der Waals surface area contributed by atoms with Gasteiger partial charge in [-0.1, -0.05) is 6.92 Å². The zero-order valence-corrected chi connectivity index (χ0v) is 11.6. The fraction of sp³-hybridized carbons (Fsp3) is 0.429. The summed E-state index contributed by atoms with van der Waals surface area (Å²) in [4.78, 5) is 4.41. The van der Waals surface area contributed by atoms with Gasteiger partial charge in [-0.15, -0.1) is 5.10 Å². The predicted molar refractivity (Wildman–Crippen MR) is 74.3 cm³/mol. The fourth-order valence-corrected chi connectivity index (χ4v) is 1.74. The van der Waals surface area contributed by atoms with Crippen molar-refractivity contribution in [2.45, 2.75) is 33.2 Å². The fourth-order valence-electron chi connectivity index (χ4n) is 1.74. The molecule has 5 nitrogen and oxygen atoms in total.